The Balaban J connectivity index is 2.11. The second kappa shape index (κ2) is 6.24. The van der Waals surface area contributed by atoms with Crippen LogP contribution in [0.3, 0.4) is 0 Å². The zero-order valence-corrected chi connectivity index (χ0v) is 11.8. The summed E-state index contributed by atoms with van der Waals surface area (Å²) in [6.45, 7) is 4.86. The van der Waals surface area contributed by atoms with Crippen molar-refractivity contribution >= 4 is 11.5 Å². The standard InChI is InChI=1S/C17H19NO2/c1-12(2)11-20-16-8-6-13(7-9-16)17(19)14-4-3-5-15(18)10-14/h3-10,12H,11,18H2,1-2H3. The third kappa shape index (κ3) is 3.60. The molecule has 2 N–H and O–H groups in total. The molecule has 0 aliphatic heterocycles. The van der Waals surface area contributed by atoms with E-state index in [0.717, 1.165) is 5.75 Å². The molecule has 2 aromatic carbocycles. The Morgan fingerprint density at radius 1 is 1.10 bits per heavy atom. The molecule has 2 rings (SSSR count). The van der Waals surface area contributed by atoms with Crippen LogP contribution in [0.25, 0.3) is 0 Å². The van der Waals surface area contributed by atoms with Crippen molar-refractivity contribution in [2.45, 2.75) is 13.8 Å². The van der Waals surface area contributed by atoms with Gasteiger partial charge in [-0.15, -0.1) is 0 Å². The number of ketones is 1. The summed E-state index contributed by atoms with van der Waals surface area (Å²) in [4.78, 5) is 12.3. The maximum atomic E-state index is 12.3. The fourth-order valence-electron chi connectivity index (χ4n) is 1.81. The number of nitrogens with two attached hydrogens (primary N) is 1. The van der Waals surface area contributed by atoms with E-state index in [9.17, 15) is 4.79 Å². The van der Waals surface area contributed by atoms with Gasteiger partial charge in [-0.1, -0.05) is 26.0 Å². The molecule has 20 heavy (non-hydrogen) atoms. The monoisotopic (exact) mass is 269 g/mol. The average molecular weight is 269 g/mol. The smallest absolute Gasteiger partial charge is 0.193 e. The highest BCUT2D eigenvalue weighted by Gasteiger charge is 2.09. The van der Waals surface area contributed by atoms with Crippen LogP contribution >= 0.6 is 0 Å². The number of ether oxygens (including phenoxy) is 1. The van der Waals surface area contributed by atoms with E-state index in [4.69, 9.17) is 10.5 Å². The van der Waals surface area contributed by atoms with Crippen molar-refractivity contribution < 1.29 is 9.53 Å². The molecule has 0 spiro atoms. The minimum absolute atomic E-state index is 0.0345. The summed E-state index contributed by atoms with van der Waals surface area (Å²) in [5.74, 6) is 1.22. The van der Waals surface area contributed by atoms with E-state index < -0.39 is 0 Å². The SMILES string of the molecule is CC(C)COc1ccc(C(=O)c2cccc(N)c2)cc1. The van der Waals surface area contributed by atoms with Crippen molar-refractivity contribution in [3.05, 3.63) is 59.7 Å². The van der Waals surface area contributed by atoms with Crippen LogP contribution < -0.4 is 10.5 Å². The third-order valence-electron chi connectivity index (χ3n) is 2.85. The van der Waals surface area contributed by atoms with E-state index in [1.165, 1.54) is 0 Å². The lowest BCUT2D eigenvalue weighted by molar-refractivity contribution is 0.103. The van der Waals surface area contributed by atoms with E-state index >= 15 is 0 Å². The van der Waals surface area contributed by atoms with Crippen LogP contribution in [-0.2, 0) is 0 Å². The van der Waals surface area contributed by atoms with Crippen molar-refractivity contribution in [1.29, 1.82) is 0 Å². The van der Waals surface area contributed by atoms with Gasteiger partial charge in [-0.2, -0.15) is 0 Å². The molecule has 0 amide bonds. The third-order valence-corrected chi connectivity index (χ3v) is 2.85. The minimum Gasteiger partial charge on any atom is -0.493 e. The molecule has 3 nitrogen and oxygen atoms in total. The van der Waals surface area contributed by atoms with Crippen LogP contribution in [0.4, 0.5) is 5.69 Å². The number of hydrogen-bond acceptors (Lipinski definition) is 3. The Hall–Kier alpha value is -2.29. The zero-order chi connectivity index (χ0) is 14.5. The minimum atomic E-state index is -0.0345. The first-order chi connectivity index (χ1) is 9.56. The Morgan fingerprint density at radius 2 is 1.80 bits per heavy atom. The van der Waals surface area contributed by atoms with Crippen LogP contribution in [0.1, 0.15) is 29.8 Å². The van der Waals surface area contributed by atoms with E-state index in [1.54, 1.807) is 36.4 Å². The molecule has 0 saturated heterocycles. The second-order valence-electron chi connectivity index (χ2n) is 5.18. The fourth-order valence-corrected chi connectivity index (χ4v) is 1.81. The summed E-state index contributed by atoms with van der Waals surface area (Å²) in [5, 5.41) is 0. The first-order valence-corrected chi connectivity index (χ1v) is 6.69. The Labute approximate surface area is 119 Å². The first kappa shape index (κ1) is 14.1. The summed E-state index contributed by atoms with van der Waals surface area (Å²) in [7, 11) is 0. The molecule has 0 atom stereocenters. The summed E-state index contributed by atoms with van der Waals surface area (Å²) in [5.41, 5.74) is 7.51. The molecule has 0 aliphatic rings. The molecule has 3 heteroatoms. The molecule has 104 valence electrons. The number of carbonyl (C=O) groups is 1. The molecule has 0 saturated carbocycles. The van der Waals surface area contributed by atoms with Crippen molar-refractivity contribution in [2.24, 2.45) is 5.92 Å². The predicted octanol–water partition coefficient (Wildman–Crippen LogP) is 3.53. The van der Waals surface area contributed by atoms with Gasteiger partial charge in [0.15, 0.2) is 5.78 Å². The molecule has 0 unspecified atom stereocenters. The van der Waals surface area contributed by atoms with Gasteiger partial charge < -0.3 is 10.5 Å². The van der Waals surface area contributed by atoms with Crippen LogP contribution in [0.5, 0.6) is 5.75 Å². The Kier molecular flexibility index (Phi) is 4.41. The fraction of sp³-hybridized carbons (Fsp3) is 0.235. The van der Waals surface area contributed by atoms with Crippen LogP contribution in [0.15, 0.2) is 48.5 Å². The van der Waals surface area contributed by atoms with Crippen LogP contribution in [-0.4, -0.2) is 12.4 Å². The maximum absolute atomic E-state index is 12.3. The number of anilines is 1. The summed E-state index contributed by atoms with van der Waals surface area (Å²) in [6.07, 6.45) is 0. The number of benzene rings is 2. The lowest BCUT2D eigenvalue weighted by atomic mass is 10.0. The van der Waals surface area contributed by atoms with Crippen molar-refractivity contribution in [3.63, 3.8) is 0 Å². The lowest BCUT2D eigenvalue weighted by Gasteiger charge is -2.09. The number of carbonyl (C=O) groups excluding carboxylic acids is 1. The molecule has 0 bridgehead atoms. The molecule has 0 aromatic heterocycles. The van der Waals surface area contributed by atoms with Crippen LogP contribution in [0.2, 0.25) is 0 Å². The van der Waals surface area contributed by atoms with Gasteiger partial charge in [0.2, 0.25) is 0 Å². The van der Waals surface area contributed by atoms with Gasteiger partial charge in [0.1, 0.15) is 5.75 Å². The van der Waals surface area contributed by atoms with E-state index in [1.807, 2.05) is 12.1 Å². The molecule has 0 aliphatic carbocycles. The highest BCUT2D eigenvalue weighted by atomic mass is 16.5. The number of nitrogen functional groups attached to an aromatic ring is 1. The highest BCUT2D eigenvalue weighted by molar-refractivity contribution is 6.09. The van der Waals surface area contributed by atoms with E-state index in [2.05, 4.69) is 13.8 Å². The molecule has 0 radical (unpaired) electrons. The van der Waals surface area contributed by atoms with E-state index in [0.29, 0.717) is 29.3 Å². The van der Waals surface area contributed by atoms with Crippen molar-refractivity contribution in [1.82, 2.24) is 0 Å². The number of hydrogen-bond donors (Lipinski definition) is 1. The zero-order valence-electron chi connectivity index (χ0n) is 11.8. The molecule has 2 aromatic rings. The second-order valence-corrected chi connectivity index (χ2v) is 5.18. The molecular formula is C17H19NO2. The average Bonchev–Trinajstić information content (AvgIpc) is 2.45. The Bertz CT molecular complexity index is 588. The summed E-state index contributed by atoms with van der Waals surface area (Å²) < 4.78 is 5.60. The van der Waals surface area contributed by atoms with Gasteiger partial charge in [-0.3, -0.25) is 4.79 Å². The number of rotatable bonds is 5. The van der Waals surface area contributed by atoms with Crippen molar-refractivity contribution in [3.8, 4) is 5.75 Å². The molecule has 0 fully saturated rings. The largest absolute Gasteiger partial charge is 0.493 e. The highest BCUT2D eigenvalue weighted by Crippen LogP contribution is 2.17. The van der Waals surface area contributed by atoms with Gasteiger partial charge in [-0.05, 0) is 42.3 Å². The molecular weight excluding hydrogens is 250 g/mol. The quantitative estimate of drug-likeness (QED) is 0.667. The predicted molar refractivity (Wildman–Crippen MR) is 81.1 cm³/mol. The molecule has 0 heterocycles. The Morgan fingerprint density at radius 3 is 2.40 bits per heavy atom. The first-order valence-electron chi connectivity index (χ1n) is 6.69. The topological polar surface area (TPSA) is 52.3 Å². The van der Waals surface area contributed by atoms with Gasteiger partial charge in [0, 0.05) is 16.8 Å². The van der Waals surface area contributed by atoms with Crippen molar-refractivity contribution in [2.75, 3.05) is 12.3 Å². The summed E-state index contributed by atoms with van der Waals surface area (Å²) in [6, 6.07) is 14.2. The van der Waals surface area contributed by atoms with Gasteiger partial charge >= 0.3 is 0 Å². The maximum Gasteiger partial charge on any atom is 0.193 e. The summed E-state index contributed by atoms with van der Waals surface area (Å²) >= 11 is 0. The van der Waals surface area contributed by atoms with Gasteiger partial charge in [0.25, 0.3) is 0 Å². The normalized spacial score (nSPS) is 10.6. The lowest BCUT2D eigenvalue weighted by Crippen LogP contribution is -2.05. The van der Waals surface area contributed by atoms with E-state index in [-0.39, 0.29) is 5.78 Å². The van der Waals surface area contributed by atoms with Crippen LogP contribution in [0, 0.1) is 5.92 Å². The van der Waals surface area contributed by atoms with Gasteiger partial charge in [0.05, 0.1) is 6.61 Å². The van der Waals surface area contributed by atoms with Gasteiger partial charge in [-0.25, -0.2) is 0 Å².